The molecule has 1 amide bonds. The van der Waals surface area contributed by atoms with Crippen LogP contribution in [0.15, 0.2) is 30.3 Å². The van der Waals surface area contributed by atoms with E-state index in [0.717, 1.165) is 5.56 Å². The average Bonchev–Trinajstić information content (AvgIpc) is 2.41. The van der Waals surface area contributed by atoms with Gasteiger partial charge in [0.25, 0.3) is 0 Å². The van der Waals surface area contributed by atoms with Crippen molar-refractivity contribution in [2.45, 2.75) is 24.9 Å². The second kappa shape index (κ2) is 5.71. The third-order valence-corrected chi connectivity index (χ3v) is 5.06. The van der Waals surface area contributed by atoms with Crippen molar-refractivity contribution in [2.75, 3.05) is 11.5 Å². The number of benzene rings is 1. The van der Waals surface area contributed by atoms with Crippen LogP contribution in [-0.4, -0.2) is 31.9 Å². The molecule has 3 N–H and O–H groups in total. The Kier molecular flexibility index (Phi) is 4.21. The molecule has 5 nitrogen and oxygen atoms in total. The number of amides is 1. The molecule has 0 bridgehead atoms. The molecule has 6 heteroatoms. The van der Waals surface area contributed by atoms with Crippen molar-refractivity contribution in [1.29, 1.82) is 0 Å². The van der Waals surface area contributed by atoms with Crippen LogP contribution in [0.25, 0.3) is 0 Å². The van der Waals surface area contributed by atoms with Gasteiger partial charge in [0.2, 0.25) is 5.91 Å². The van der Waals surface area contributed by atoms with E-state index in [4.69, 9.17) is 5.73 Å². The molecule has 1 fully saturated rings. The van der Waals surface area contributed by atoms with Gasteiger partial charge in [-0.1, -0.05) is 30.3 Å². The Morgan fingerprint density at radius 2 is 1.79 bits per heavy atom. The number of hydrogen-bond acceptors (Lipinski definition) is 4. The predicted molar refractivity (Wildman–Crippen MR) is 73.2 cm³/mol. The van der Waals surface area contributed by atoms with Crippen molar-refractivity contribution < 1.29 is 13.2 Å². The molecule has 1 aromatic carbocycles. The minimum atomic E-state index is -2.91. The summed E-state index contributed by atoms with van der Waals surface area (Å²) in [4.78, 5) is 12.0. The van der Waals surface area contributed by atoms with Gasteiger partial charge in [-0.3, -0.25) is 4.79 Å². The number of carbonyl (C=O) groups is 1. The second-order valence-electron chi connectivity index (χ2n) is 4.82. The fraction of sp³-hybridized carbons (Fsp3) is 0.462. The normalized spacial score (nSPS) is 20.7. The Bertz CT molecular complexity index is 528. The minimum Gasteiger partial charge on any atom is -0.352 e. The molecule has 1 aliphatic heterocycles. The fourth-order valence-corrected chi connectivity index (χ4v) is 3.63. The number of sulfone groups is 1. The highest BCUT2D eigenvalue weighted by Crippen LogP contribution is 2.14. The molecule has 19 heavy (non-hydrogen) atoms. The number of rotatable bonds is 3. The zero-order valence-corrected chi connectivity index (χ0v) is 11.4. The molecule has 0 aromatic heterocycles. The summed E-state index contributed by atoms with van der Waals surface area (Å²) in [5.74, 6) is 0.0207. The highest BCUT2D eigenvalue weighted by atomic mass is 32.2. The minimum absolute atomic E-state index is 0.0919. The third-order valence-electron chi connectivity index (χ3n) is 3.34. The first-order valence-corrected chi connectivity index (χ1v) is 8.11. The number of carbonyl (C=O) groups excluding carboxylic acids is 1. The van der Waals surface area contributed by atoms with Crippen LogP contribution < -0.4 is 11.1 Å². The summed E-state index contributed by atoms with van der Waals surface area (Å²) in [7, 11) is -2.91. The van der Waals surface area contributed by atoms with Crippen LogP contribution in [-0.2, 0) is 14.6 Å². The standard InChI is InChI=1S/C13H18N2O3S/c14-12(10-4-2-1-3-5-10)13(16)15-11-6-8-19(17,18)9-7-11/h1-5,11-12H,6-9,14H2,(H,15,16)/t12-/m1/s1. The molecular weight excluding hydrogens is 264 g/mol. The topological polar surface area (TPSA) is 89.3 Å². The Balaban J connectivity index is 1.92. The van der Waals surface area contributed by atoms with Gasteiger partial charge in [-0.05, 0) is 18.4 Å². The summed E-state index contributed by atoms with van der Waals surface area (Å²) in [6, 6.07) is 8.32. The first-order valence-electron chi connectivity index (χ1n) is 6.29. The molecule has 1 aromatic rings. The first-order chi connectivity index (χ1) is 8.98. The summed E-state index contributed by atoms with van der Waals surface area (Å²) in [5, 5.41) is 2.83. The summed E-state index contributed by atoms with van der Waals surface area (Å²) in [5.41, 5.74) is 6.63. The van der Waals surface area contributed by atoms with E-state index in [-0.39, 0.29) is 23.5 Å². The van der Waals surface area contributed by atoms with Gasteiger partial charge in [-0.25, -0.2) is 8.42 Å². The lowest BCUT2D eigenvalue weighted by molar-refractivity contribution is -0.123. The lowest BCUT2D eigenvalue weighted by Gasteiger charge is -2.24. The van der Waals surface area contributed by atoms with Gasteiger partial charge < -0.3 is 11.1 Å². The summed E-state index contributed by atoms with van der Waals surface area (Å²) >= 11 is 0. The molecular formula is C13H18N2O3S. The Morgan fingerprint density at radius 3 is 2.37 bits per heavy atom. The Labute approximate surface area is 113 Å². The van der Waals surface area contributed by atoms with Gasteiger partial charge in [0.15, 0.2) is 0 Å². The maximum atomic E-state index is 12.0. The highest BCUT2D eigenvalue weighted by Gasteiger charge is 2.26. The van der Waals surface area contributed by atoms with Gasteiger partial charge in [0, 0.05) is 6.04 Å². The zero-order chi connectivity index (χ0) is 13.9. The Morgan fingerprint density at radius 1 is 1.21 bits per heavy atom. The highest BCUT2D eigenvalue weighted by molar-refractivity contribution is 7.91. The summed E-state index contributed by atoms with van der Waals surface area (Å²) in [6.07, 6.45) is 0.936. The molecule has 1 atom stereocenters. The average molecular weight is 282 g/mol. The van der Waals surface area contributed by atoms with Crippen LogP contribution in [0, 0.1) is 0 Å². The van der Waals surface area contributed by atoms with Crippen molar-refractivity contribution in [1.82, 2.24) is 5.32 Å². The van der Waals surface area contributed by atoms with E-state index in [1.54, 1.807) is 12.1 Å². The molecule has 1 aliphatic rings. The van der Waals surface area contributed by atoms with Crippen molar-refractivity contribution in [3.05, 3.63) is 35.9 Å². The smallest absolute Gasteiger partial charge is 0.241 e. The molecule has 0 unspecified atom stereocenters. The van der Waals surface area contributed by atoms with Gasteiger partial charge >= 0.3 is 0 Å². The summed E-state index contributed by atoms with van der Waals surface area (Å²) in [6.45, 7) is 0. The van der Waals surface area contributed by atoms with E-state index in [0.29, 0.717) is 12.8 Å². The van der Waals surface area contributed by atoms with E-state index in [1.165, 1.54) is 0 Å². The predicted octanol–water partition coefficient (Wildman–Crippen LogP) is 0.380. The quantitative estimate of drug-likeness (QED) is 0.838. The SMILES string of the molecule is N[C@@H](C(=O)NC1CCS(=O)(=O)CC1)c1ccccc1. The second-order valence-corrected chi connectivity index (χ2v) is 7.13. The van der Waals surface area contributed by atoms with Crippen LogP contribution in [0.1, 0.15) is 24.4 Å². The molecule has 0 spiro atoms. The number of nitrogens with two attached hydrogens (primary N) is 1. The Hall–Kier alpha value is -1.40. The van der Waals surface area contributed by atoms with Crippen LogP contribution in [0.4, 0.5) is 0 Å². The lowest BCUT2D eigenvalue weighted by Crippen LogP contribution is -2.44. The van der Waals surface area contributed by atoms with Gasteiger partial charge in [-0.2, -0.15) is 0 Å². The monoisotopic (exact) mass is 282 g/mol. The van der Waals surface area contributed by atoms with Crippen molar-refractivity contribution >= 4 is 15.7 Å². The van der Waals surface area contributed by atoms with E-state index in [1.807, 2.05) is 18.2 Å². The molecule has 104 valence electrons. The maximum Gasteiger partial charge on any atom is 0.241 e. The van der Waals surface area contributed by atoms with Crippen LogP contribution in [0.3, 0.4) is 0 Å². The molecule has 2 rings (SSSR count). The van der Waals surface area contributed by atoms with E-state index >= 15 is 0 Å². The van der Waals surface area contributed by atoms with Gasteiger partial charge in [0.1, 0.15) is 15.9 Å². The number of hydrogen-bond donors (Lipinski definition) is 2. The molecule has 1 saturated heterocycles. The van der Waals surface area contributed by atoms with Crippen LogP contribution >= 0.6 is 0 Å². The molecule has 1 heterocycles. The van der Waals surface area contributed by atoms with Crippen LogP contribution in [0.2, 0.25) is 0 Å². The van der Waals surface area contributed by atoms with Crippen molar-refractivity contribution in [2.24, 2.45) is 5.73 Å². The van der Waals surface area contributed by atoms with E-state index < -0.39 is 15.9 Å². The van der Waals surface area contributed by atoms with Crippen molar-refractivity contribution in [3.63, 3.8) is 0 Å². The van der Waals surface area contributed by atoms with Crippen LogP contribution in [0.5, 0.6) is 0 Å². The third kappa shape index (κ3) is 3.78. The molecule has 0 aliphatic carbocycles. The van der Waals surface area contributed by atoms with Gasteiger partial charge in [-0.15, -0.1) is 0 Å². The van der Waals surface area contributed by atoms with E-state index in [2.05, 4.69) is 5.32 Å². The largest absolute Gasteiger partial charge is 0.352 e. The first kappa shape index (κ1) is 14.0. The fourth-order valence-electron chi connectivity index (χ4n) is 2.14. The number of nitrogens with one attached hydrogen (secondary N) is 1. The molecule has 0 saturated carbocycles. The molecule has 0 radical (unpaired) electrons. The summed E-state index contributed by atoms with van der Waals surface area (Å²) < 4.78 is 22.6. The van der Waals surface area contributed by atoms with Crippen molar-refractivity contribution in [3.8, 4) is 0 Å². The maximum absolute atomic E-state index is 12.0. The van der Waals surface area contributed by atoms with Gasteiger partial charge in [0.05, 0.1) is 11.5 Å². The zero-order valence-electron chi connectivity index (χ0n) is 10.6. The lowest BCUT2D eigenvalue weighted by atomic mass is 10.1. The van der Waals surface area contributed by atoms with E-state index in [9.17, 15) is 13.2 Å².